The van der Waals surface area contributed by atoms with Gasteiger partial charge >= 0.3 is 5.97 Å². The maximum absolute atomic E-state index is 12.6. The van der Waals surface area contributed by atoms with E-state index in [1.165, 1.54) is 11.1 Å². The van der Waals surface area contributed by atoms with E-state index in [0.717, 1.165) is 0 Å². The topological polar surface area (TPSA) is 70.5 Å². The van der Waals surface area contributed by atoms with Crippen molar-refractivity contribution in [3.63, 3.8) is 0 Å². The van der Waals surface area contributed by atoms with Gasteiger partial charge in [-0.05, 0) is 20.8 Å². The Morgan fingerprint density at radius 3 is 2.29 bits per heavy atom. The highest BCUT2D eigenvalue weighted by Gasteiger charge is 2.30. The fraction of sp³-hybridized carbons (Fsp3) is 0.462. The molecule has 0 aliphatic rings. The number of carbonyl (C=O) groups is 2. The molecule has 0 aromatic carbocycles. The van der Waals surface area contributed by atoms with Crippen molar-refractivity contribution >= 4 is 46.7 Å². The molecule has 8 heteroatoms. The molecule has 1 aromatic heterocycles. The van der Waals surface area contributed by atoms with Crippen LogP contribution in [-0.4, -0.2) is 39.0 Å². The lowest BCUT2D eigenvalue weighted by molar-refractivity contribution is -0.137. The van der Waals surface area contributed by atoms with Gasteiger partial charge in [0.2, 0.25) is 0 Å². The molecule has 0 bridgehead atoms. The number of pyridine rings is 1. The molecule has 0 aliphatic heterocycles. The fourth-order valence-corrected chi connectivity index (χ4v) is 2.23. The monoisotopic (exact) mass is 352 g/mol. The number of carboxylic acid groups (broad SMARTS) is 1. The standard InChI is InChI=1S/C13H15Cl3N2O3/c1-13(2,3)18(5-4-8(19)20)12(21)11-10(16)9(15)7(14)6-17-11/h6H,4-5H2,1-3H3,(H,19,20). The zero-order chi connectivity index (χ0) is 16.4. The zero-order valence-electron chi connectivity index (χ0n) is 11.8. The second kappa shape index (κ2) is 6.81. The van der Waals surface area contributed by atoms with Gasteiger partial charge in [-0.15, -0.1) is 0 Å². The smallest absolute Gasteiger partial charge is 0.305 e. The van der Waals surface area contributed by atoms with Gasteiger partial charge < -0.3 is 10.0 Å². The summed E-state index contributed by atoms with van der Waals surface area (Å²) in [6.45, 7) is 5.41. The molecule has 1 aromatic rings. The van der Waals surface area contributed by atoms with Crippen molar-refractivity contribution in [1.29, 1.82) is 0 Å². The normalized spacial score (nSPS) is 11.3. The van der Waals surface area contributed by atoms with Crippen molar-refractivity contribution < 1.29 is 14.7 Å². The Morgan fingerprint density at radius 1 is 1.24 bits per heavy atom. The largest absolute Gasteiger partial charge is 0.481 e. The van der Waals surface area contributed by atoms with Crippen LogP contribution in [0, 0.1) is 0 Å². The van der Waals surface area contributed by atoms with Gasteiger partial charge in [-0.1, -0.05) is 34.8 Å². The number of carboxylic acids is 1. The lowest BCUT2D eigenvalue weighted by Gasteiger charge is -2.35. The maximum atomic E-state index is 12.6. The minimum atomic E-state index is -0.995. The maximum Gasteiger partial charge on any atom is 0.305 e. The number of hydrogen-bond donors (Lipinski definition) is 1. The predicted molar refractivity (Wildman–Crippen MR) is 82.3 cm³/mol. The second-order valence-corrected chi connectivity index (χ2v) is 6.52. The minimum absolute atomic E-state index is 0.0376. The highest BCUT2D eigenvalue weighted by atomic mass is 35.5. The summed E-state index contributed by atoms with van der Waals surface area (Å²) >= 11 is 17.7. The van der Waals surface area contributed by atoms with Crippen molar-refractivity contribution in [1.82, 2.24) is 9.88 Å². The predicted octanol–water partition coefficient (Wildman–Crippen LogP) is 3.76. The Kier molecular flexibility index (Phi) is 5.84. The minimum Gasteiger partial charge on any atom is -0.481 e. The van der Waals surface area contributed by atoms with E-state index in [0.29, 0.717) is 0 Å². The third-order valence-electron chi connectivity index (χ3n) is 2.72. The molecule has 0 saturated heterocycles. The molecule has 1 N–H and O–H groups in total. The van der Waals surface area contributed by atoms with E-state index < -0.39 is 17.4 Å². The highest BCUT2D eigenvalue weighted by molar-refractivity contribution is 6.48. The fourth-order valence-electron chi connectivity index (χ4n) is 1.67. The van der Waals surface area contributed by atoms with Gasteiger partial charge in [-0.2, -0.15) is 0 Å². The van der Waals surface area contributed by atoms with Crippen LogP contribution in [0.3, 0.4) is 0 Å². The summed E-state index contributed by atoms with van der Waals surface area (Å²) < 4.78 is 0. The van der Waals surface area contributed by atoms with Crippen LogP contribution in [0.1, 0.15) is 37.7 Å². The van der Waals surface area contributed by atoms with Crippen LogP contribution in [0.5, 0.6) is 0 Å². The lowest BCUT2D eigenvalue weighted by atomic mass is 10.0. The molecule has 1 rings (SSSR count). The van der Waals surface area contributed by atoms with E-state index >= 15 is 0 Å². The summed E-state index contributed by atoms with van der Waals surface area (Å²) in [6, 6.07) is 0. The van der Waals surface area contributed by atoms with Gasteiger partial charge in [0.05, 0.1) is 21.5 Å². The van der Waals surface area contributed by atoms with Gasteiger partial charge in [0.15, 0.2) is 0 Å². The number of nitrogens with zero attached hydrogens (tertiary/aromatic N) is 2. The molecule has 0 fully saturated rings. The van der Waals surface area contributed by atoms with Crippen LogP contribution >= 0.6 is 34.8 Å². The van der Waals surface area contributed by atoms with Gasteiger partial charge in [0.25, 0.3) is 5.91 Å². The molecule has 0 radical (unpaired) electrons. The summed E-state index contributed by atoms with van der Waals surface area (Å²) in [5, 5.41) is 8.94. The third kappa shape index (κ3) is 4.46. The van der Waals surface area contributed by atoms with E-state index in [1.807, 2.05) is 0 Å². The molecule has 1 heterocycles. The van der Waals surface area contributed by atoms with Crippen LogP contribution in [0.25, 0.3) is 0 Å². The van der Waals surface area contributed by atoms with Crippen LogP contribution in [0.4, 0.5) is 0 Å². The quantitative estimate of drug-likeness (QED) is 0.894. The molecule has 0 atom stereocenters. The van der Waals surface area contributed by atoms with E-state index in [1.54, 1.807) is 20.8 Å². The number of halogens is 3. The first-order chi connectivity index (χ1) is 9.55. The molecule has 0 unspecified atom stereocenters. The number of amides is 1. The Morgan fingerprint density at radius 2 is 1.81 bits per heavy atom. The van der Waals surface area contributed by atoms with E-state index in [-0.39, 0.29) is 33.7 Å². The molecule has 0 aliphatic carbocycles. The first kappa shape index (κ1) is 18.0. The SMILES string of the molecule is CC(C)(C)N(CCC(=O)O)C(=O)c1ncc(Cl)c(Cl)c1Cl. The van der Waals surface area contributed by atoms with E-state index in [4.69, 9.17) is 39.9 Å². The van der Waals surface area contributed by atoms with Crippen molar-refractivity contribution in [2.75, 3.05) is 6.54 Å². The lowest BCUT2D eigenvalue weighted by Crippen LogP contribution is -2.47. The average Bonchev–Trinajstić information content (AvgIpc) is 2.34. The summed E-state index contributed by atoms with van der Waals surface area (Å²) in [4.78, 5) is 28.6. The van der Waals surface area contributed by atoms with Crippen molar-refractivity contribution in [3.05, 3.63) is 27.0 Å². The molecular formula is C13H15Cl3N2O3. The summed E-state index contributed by atoms with van der Waals surface area (Å²) in [5.74, 6) is -1.49. The number of aliphatic carboxylic acids is 1. The third-order valence-corrected chi connectivity index (χ3v) is 3.96. The van der Waals surface area contributed by atoms with Crippen LogP contribution in [0.2, 0.25) is 15.1 Å². The van der Waals surface area contributed by atoms with Crippen molar-refractivity contribution in [2.24, 2.45) is 0 Å². The van der Waals surface area contributed by atoms with Crippen LogP contribution in [-0.2, 0) is 4.79 Å². The second-order valence-electron chi connectivity index (χ2n) is 5.35. The van der Waals surface area contributed by atoms with Crippen LogP contribution in [0.15, 0.2) is 6.20 Å². The van der Waals surface area contributed by atoms with E-state index in [9.17, 15) is 9.59 Å². The molecule has 5 nitrogen and oxygen atoms in total. The molecule has 116 valence electrons. The average molecular weight is 354 g/mol. The van der Waals surface area contributed by atoms with Crippen molar-refractivity contribution in [3.8, 4) is 0 Å². The Bertz CT molecular complexity index is 571. The summed E-state index contributed by atoms with van der Waals surface area (Å²) in [6.07, 6.45) is 1.06. The molecule has 0 saturated carbocycles. The van der Waals surface area contributed by atoms with Gasteiger partial charge in [0.1, 0.15) is 5.69 Å². The van der Waals surface area contributed by atoms with Gasteiger partial charge in [0, 0.05) is 18.3 Å². The number of hydrogen-bond acceptors (Lipinski definition) is 3. The highest BCUT2D eigenvalue weighted by Crippen LogP contribution is 2.32. The number of carbonyl (C=O) groups excluding carboxylic acids is 1. The first-order valence-corrected chi connectivity index (χ1v) is 7.22. The summed E-state index contributed by atoms with van der Waals surface area (Å²) in [7, 11) is 0. The first-order valence-electron chi connectivity index (χ1n) is 6.09. The molecule has 0 spiro atoms. The zero-order valence-corrected chi connectivity index (χ0v) is 14.1. The Hall–Kier alpha value is -1.04. The molecule has 1 amide bonds. The molecule has 21 heavy (non-hydrogen) atoms. The number of rotatable bonds is 4. The summed E-state index contributed by atoms with van der Waals surface area (Å²) in [5.41, 5.74) is -0.643. The number of aromatic nitrogens is 1. The van der Waals surface area contributed by atoms with Gasteiger partial charge in [-0.25, -0.2) is 4.98 Å². The molecular weight excluding hydrogens is 339 g/mol. The van der Waals surface area contributed by atoms with Crippen molar-refractivity contribution in [2.45, 2.75) is 32.7 Å². The Balaban J connectivity index is 3.17. The Labute approximate surface area is 137 Å². The van der Waals surface area contributed by atoms with Crippen LogP contribution < -0.4 is 0 Å². The van der Waals surface area contributed by atoms with E-state index in [2.05, 4.69) is 4.98 Å². The van der Waals surface area contributed by atoms with Gasteiger partial charge in [-0.3, -0.25) is 9.59 Å².